The van der Waals surface area contributed by atoms with Gasteiger partial charge in [0.15, 0.2) is 0 Å². The van der Waals surface area contributed by atoms with Crippen molar-refractivity contribution in [3.05, 3.63) is 59.1 Å². The molecule has 7 nitrogen and oxygen atoms in total. The van der Waals surface area contributed by atoms with Crippen LogP contribution in [0.3, 0.4) is 0 Å². The molecule has 4 rings (SSSR count). The van der Waals surface area contributed by atoms with E-state index in [-0.39, 0.29) is 17.3 Å². The van der Waals surface area contributed by atoms with E-state index in [1.165, 1.54) is 16.4 Å². The lowest BCUT2D eigenvalue weighted by Gasteiger charge is -2.42. The van der Waals surface area contributed by atoms with Crippen LogP contribution in [0.1, 0.15) is 23.2 Å². The number of hydrogen-bond donors (Lipinski definition) is 0. The Bertz CT molecular complexity index is 1020. The number of piperidine rings is 1. The average Bonchev–Trinajstić information content (AvgIpc) is 3.18. The molecular formula is C21H23ClN2O5S. The van der Waals surface area contributed by atoms with Gasteiger partial charge >= 0.3 is 0 Å². The Hall–Kier alpha value is -2.13. The van der Waals surface area contributed by atoms with Crippen molar-refractivity contribution in [2.75, 3.05) is 33.4 Å². The van der Waals surface area contributed by atoms with Gasteiger partial charge in [-0.3, -0.25) is 4.79 Å². The molecular weight excluding hydrogens is 428 g/mol. The number of methoxy groups -OCH3 is 1. The second kappa shape index (κ2) is 8.19. The Kier molecular flexibility index (Phi) is 5.76. The Balaban J connectivity index is 1.49. The van der Waals surface area contributed by atoms with Crippen molar-refractivity contribution in [3.63, 3.8) is 0 Å². The fraction of sp³-hybridized carbons (Fsp3) is 0.381. The minimum Gasteiger partial charge on any atom is -0.497 e. The van der Waals surface area contributed by atoms with Crippen LogP contribution in [-0.2, 0) is 14.8 Å². The lowest BCUT2D eigenvalue weighted by molar-refractivity contribution is -0.0857. The first kappa shape index (κ1) is 21.1. The minimum atomic E-state index is -3.73. The largest absolute Gasteiger partial charge is 0.497 e. The molecule has 30 heavy (non-hydrogen) atoms. The lowest BCUT2D eigenvalue weighted by Crippen LogP contribution is -2.55. The standard InChI is InChI=1S/C21H23ClN2O5S/c1-28-18-6-2-16(3-7-18)20(25)23-12-10-21(11-13-23)24(14-15-29-21)30(26,27)19-8-4-17(22)5-9-19/h2-9H,10-15H2,1H3. The van der Waals surface area contributed by atoms with E-state index in [0.717, 1.165) is 0 Å². The molecule has 1 spiro atoms. The second-order valence-electron chi connectivity index (χ2n) is 7.35. The first-order chi connectivity index (χ1) is 14.4. The van der Waals surface area contributed by atoms with Gasteiger partial charge in [-0.2, -0.15) is 4.31 Å². The van der Waals surface area contributed by atoms with Gasteiger partial charge in [-0.1, -0.05) is 11.6 Å². The first-order valence-electron chi connectivity index (χ1n) is 9.71. The van der Waals surface area contributed by atoms with Crippen molar-refractivity contribution < 1.29 is 22.7 Å². The van der Waals surface area contributed by atoms with Crippen molar-refractivity contribution in [3.8, 4) is 5.75 Å². The summed E-state index contributed by atoms with van der Waals surface area (Å²) in [6.07, 6.45) is 0.837. The molecule has 9 heteroatoms. The highest BCUT2D eigenvalue weighted by atomic mass is 35.5. The predicted molar refractivity (Wildman–Crippen MR) is 112 cm³/mol. The number of nitrogens with zero attached hydrogens (tertiary/aromatic N) is 2. The van der Waals surface area contributed by atoms with Gasteiger partial charge in [0.1, 0.15) is 11.5 Å². The fourth-order valence-electron chi connectivity index (χ4n) is 4.04. The SMILES string of the molecule is COc1ccc(C(=O)N2CCC3(CC2)OCCN3S(=O)(=O)c2ccc(Cl)cc2)cc1. The zero-order valence-electron chi connectivity index (χ0n) is 16.6. The summed E-state index contributed by atoms with van der Waals surface area (Å²) >= 11 is 5.90. The van der Waals surface area contributed by atoms with Gasteiger partial charge in [-0.25, -0.2) is 8.42 Å². The van der Waals surface area contributed by atoms with Gasteiger partial charge < -0.3 is 14.4 Å². The van der Waals surface area contributed by atoms with E-state index in [2.05, 4.69) is 0 Å². The van der Waals surface area contributed by atoms with Crippen LogP contribution >= 0.6 is 11.6 Å². The maximum absolute atomic E-state index is 13.2. The number of sulfonamides is 1. The predicted octanol–water partition coefficient (Wildman–Crippen LogP) is 3.00. The molecule has 0 bridgehead atoms. The highest BCUT2D eigenvalue weighted by molar-refractivity contribution is 7.89. The van der Waals surface area contributed by atoms with Gasteiger partial charge in [0.25, 0.3) is 5.91 Å². The molecule has 0 radical (unpaired) electrons. The number of halogens is 1. The second-order valence-corrected chi connectivity index (χ2v) is 9.65. The van der Waals surface area contributed by atoms with Crippen LogP contribution in [0.15, 0.2) is 53.4 Å². The molecule has 0 atom stereocenters. The molecule has 2 fully saturated rings. The van der Waals surface area contributed by atoms with Crippen LogP contribution in [0, 0.1) is 0 Å². The van der Waals surface area contributed by atoms with Crippen molar-refractivity contribution in [2.24, 2.45) is 0 Å². The number of likely N-dealkylation sites (tertiary alicyclic amines) is 1. The fourth-order valence-corrected chi connectivity index (χ4v) is 5.89. The van der Waals surface area contributed by atoms with Crippen LogP contribution in [0.25, 0.3) is 0 Å². The highest BCUT2D eigenvalue weighted by Crippen LogP contribution is 2.38. The quantitative estimate of drug-likeness (QED) is 0.715. The Morgan fingerprint density at radius 2 is 1.67 bits per heavy atom. The molecule has 2 heterocycles. The van der Waals surface area contributed by atoms with Gasteiger partial charge in [-0.15, -0.1) is 0 Å². The van der Waals surface area contributed by atoms with Gasteiger partial charge in [0.2, 0.25) is 10.0 Å². The molecule has 0 aromatic heterocycles. The van der Waals surface area contributed by atoms with Gasteiger partial charge in [0, 0.05) is 43.1 Å². The van der Waals surface area contributed by atoms with E-state index in [0.29, 0.717) is 48.9 Å². The van der Waals surface area contributed by atoms with Crippen molar-refractivity contribution in [1.29, 1.82) is 0 Å². The molecule has 2 aliphatic heterocycles. The summed E-state index contributed by atoms with van der Waals surface area (Å²) in [6, 6.07) is 13.1. The summed E-state index contributed by atoms with van der Waals surface area (Å²) in [4.78, 5) is 14.8. The molecule has 0 unspecified atom stereocenters. The van der Waals surface area contributed by atoms with Crippen LogP contribution < -0.4 is 4.74 Å². The van der Waals surface area contributed by atoms with Crippen LogP contribution in [-0.4, -0.2) is 62.6 Å². The Morgan fingerprint density at radius 1 is 1.03 bits per heavy atom. The molecule has 1 amide bonds. The smallest absolute Gasteiger partial charge is 0.253 e. The maximum Gasteiger partial charge on any atom is 0.253 e. The van der Waals surface area contributed by atoms with Crippen molar-refractivity contribution in [2.45, 2.75) is 23.5 Å². The third-order valence-corrected chi connectivity index (χ3v) is 7.91. The third-order valence-electron chi connectivity index (χ3n) is 5.69. The third kappa shape index (κ3) is 3.80. The average molecular weight is 451 g/mol. The summed E-state index contributed by atoms with van der Waals surface area (Å²) in [7, 11) is -2.15. The van der Waals surface area contributed by atoms with Gasteiger partial charge in [0.05, 0.1) is 18.6 Å². The van der Waals surface area contributed by atoms with E-state index in [1.54, 1.807) is 48.4 Å². The number of ether oxygens (including phenoxy) is 2. The van der Waals surface area contributed by atoms with Crippen molar-refractivity contribution >= 4 is 27.5 Å². The number of carbonyl (C=O) groups excluding carboxylic acids is 1. The summed E-state index contributed by atoms with van der Waals surface area (Å²) in [5.74, 6) is 0.601. The van der Waals surface area contributed by atoms with Gasteiger partial charge in [-0.05, 0) is 48.5 Å². The number of amides is 1. The summed E-state index contributed by atoms with van der Waals surface area (Å²) < 4.78 is 39.0. The Labute approximate surface area is 181 Å². The lowest BCUT2D eigenvalue weighted by atomic mass is 10.00. The van der Waals surface area contributed by atoms with E-state index in [4.69, 9.17) is 21.1 Å². The summed E-state index contributed by atoms with van der Waals surface area (Å²) in [6.45, 7) is 1.45. The van der Waals surface area contributed by atoms with Crippen LogP contribution in [0.5, 0.6) is 5.75 Å². The normalized spacial score (nSPS) is 19.2. The van der Waals surface area contributed by atoms with E-state index < -0.39 is 15.7 Å². The molecule has 2 aromatic rings. The zero-order chi connectivity index (χ0) is 21.4. The van der Waals surface area contributed by atoms with E-state index in [9.17, 15) is 13.2 Å². The molecule has 0 N–H and O–H groups in total. The van der Waals surface area contributed by atoms with E-state index in [1.807, 2.05) is 0 Å². The molecule has 2 saturated heterocycles. The monoisotopic (exact) mass is 450 g/mol. The number of hydrogen-bond acceptors (Lipinski definition) is 5. The Morgan fingerprint density at radius 3 is 2.27 bits per heavy atom. The summed E-state index contributed by atoms with van der Waals surface area (Å²) in [5.41, 5.74) is -0.348. The van der Waals surface area contributed by atoms with Crippen molar-refractivity contribution in [1.82, 2.24) is 9.21 Å². The highest BCUT2D eigenvalue weighted by Gasteiger charge is 2.51. The minimum absolute atomic E-state index is 0.0855. The molecule has 160 valence electrons. The van der Waals surface area contributed by atoms with Crippen LogP contribution in [0.2, 0.25) is 5.02 Å². The topological polar surface area (TPSA) is 76.2 Å². The first-order valence-corrected chi connectivity index (χ1v) is 11.5. The molecule has 0 saturated carbocycles. The van der Waals surface area contributed by atoms with E-state index >= 15 is 0 Å². The molecule has 2 aromatic carbocycles. The van der Waals surface area contributed by atoms with Crippen LogP contribution in [0.4, 0.5) is 0 Å². The maximum atomic E-state index is 13.2. The molecule has 2 aliphatic rings. The molecule has 0 aliphatic carbocycles. The number of carbonyl (C=O) groups is 1. The zero-order valence-corrected chi connectivity index (χ0v) is 18.2. The summed E-state index contributed by atoms with van der Waals surface area (Å²) in [5, 5.41) is 0.478. The number of rotatable bonds is 4. The number of benzene rings is 2.